The highest BCUT2D eigenvalue weighted by atomic mass is 16.5. The zero-order chi connectivity index (χ0) is 27.0. The summed E-state index contributed by atoms with van der Waals surface area (Å²) in [6, 6.07) is 24.1. The number of piperazine rings is 1. The Morgan fingerprint density at radius 1 is 1.03 bits per heavy atom. The van der Waals surface area contributed by atoms with Crippen LogP contribution < -0.4 is 4.90 Å². The molecule has 7 nitrogen and oxygen atoms in total. The lowest BCUT2D eigenvalue weighted by atomic mass is 9.86. The van der Waals surface area contributed by atoms with E-state index in [0.29, 0.717) is 49.6 Å². The van der Waals surface area contributed by atoms with Gasteiger partial charge in [0.05, 0.1) is 41.3 Å². The van der Waals surface area contributed by atoms with Gasteiger partial charge in [-0.05, 0) is 31.0 Å². The van der Waals surface area contributed by atoms with Gasteiger partial charge >= 0.3 is 0 Å². The van der Waals surface area contributed by atoms with Crippen LogP contribution in [-0.2, 0) is 17.8 Å². The first-order chi connectivity index (χ1) is 18.9. The third kappa shape index (κ3) is 4.68. The molecule has 2 aromatic carbocycles. The van der Waals surface area contributed by atoms with Gasteiger partial charge < -0.3 is 19.0 Å². The van der Waals surface area contributed by atoms with Crippen molar-refractivity contribution in [3.63, 3.8) is 0 Å². The molecule has 0 aliphatic carbocycles. The third-order valence-electron chi connectivity index (χ3n) is 7.66. The second-order valence-electron chi connectivity index (χ2n) is 10.7. The Morgan fingerprint density at radius 2 is 1.77 bits per heavy atom. The fourth-order valence-corrected chi connectivity index (χ4v) is 5.66. The number of amides is 1. The first-order valence-electron chi connectivity index (χ1n) is 13.2. The van der Waals surface area contributed by atoms with Gasteiger partial charge in [-0.2, -0.15) is 5.26 Å². The highest BCUT2D eigenvalue weighted by Gasteiger charge is 2.37. The van der Waals surface area contributed by atoms with Crippen LogP contribution in [0.25, 0.3) is 11.3 Å². The van der Waals surface area contributed by atoms with Gasteiger partial charge in [-0.25, -0.2) is 4.98 Å². The molecule has 0 N–H and O–H groups in total. The summed E-state index contributed by atoms with van der Waals surface area (Å²) < 4.78 is 11.4. The van der Waals surface area contributed by atoms with E-state index in [4.69, 9.17) is 14.1 Å². The number of hydrogen-bond donors (Lipinski definition) is 0. The predicted octanol–water partition coefficient (Wildman–Crippen LogP) is 5.77. The normalized spacial score (nSPS) is 18.3. The van der Waals surface area contributed by atoms with Gasteiger partial charge in [0.15, 0.2) is 0 Å². The monoisotopic (exact) mass is 518 g/mol. The molecule has 1 amide bonds. The molecule has 0 spiro atoms. The Kier molecular flexibility index (Phi) is 6.41. The van der Waals surface area contributed by atoms with Crippen LogP contribution in [0.4, 0.5) is 5.82 Å². The van der Waals surface area contributed by atoms with Crippen molar-refractivity contribution in [1.82, 2.24) is 9.88 Å². The first kappa shape index (κ1) is 24.9. The van der Waals surface area contributed by atoms with Gasteiger partial charge in [-0.1, -0.05) is 60.7 Å². The molecular formula is C32H30N4O3. The van der Waals surface area contributed by atoms with Gasteiger partial charge in [0, 0.05) is 37.2 Å². The quantitative estimate of drug-likeness (QED) is 0.341. The molecule has 0 bridgehead atoms. The standard InChI is InChI=1S/C32H30N4O3/c1-32(2)17-25-26(18-33)30(34-29(27(25)21-39-32)23-11-7-4-8-12-23)35-14-15-36(31(37)24-13-16-38-20-24)28(19-35)22-9-5-3-6-10-22/h3-13,16,20,28H,14-15,17,19,21H2,1-2H3. The van der Waals surface area contributed by atoms with Gasteiger partial charge in [0.1, 0.15) is 18.2 Å². The summed E-state index contributed by atoms with van der Waals surface area (Å²) in [5, 5.41) is 10.5. The summed E-state index contributed by atoms with van der Waals surface area (Å²) in [4.78, 5) is 22.7. The molecule has 1 atom stereocenters. The molecule has 2 aliphatic heterocycles. The molecule has 2 aliphatic rings. The van der Waals surface area contributed by atoms with Gasteiger partial charge in [-0.15, -0.1) is 0 Å². The number of hydrogen-bond acceptors (Lipinski definition) is 6. The Hall–Kier alpha value is -4.41. The van der Waals surface area contributed by atoms with Crippen molar-refractivity contribution in [3.8, 4) is 17.3 Å². The second kappa shape index (κ2) is 10.0. The highest BCUT2D eigenvalue weighted by molar-refractivity contribution is 5.94. The molecule has 2 aromatic heterocycles. The maximum atomic E-state index is 13.5. The van der Waals surface area contributed by atoms with Gasteiger partial charge in [0.2, 0.25) is 0 Å². The maximum Gasteiger partial charge on any atom is 0.257 e. The number of fused-ring (bicyclic) bond motifs is 1. The summed E-state index contributed by atoms with van der Waals surface area (Å²) in [7, 11) is 0. The molecule has 6 rings (SSSR count). The van der Waals surface area contributed by atoms with Crippen molar-refractivity contribution in [1.29, 1.82) is 5.26 Å². The Bertz CT molecular complexity index is 1530. The zero-order valence-corrected chi connectivity index (χ0v) is 22.1. The van der Waals surface area contributed by atoms with Crippen molar-refractivity contribution in [2.45, 2.75) is 38.5 Å². The molecule has 1 fully saturated rings. The van der Waals surface area contributed by atoms with E-state index in [-0.39, 0.29) is 17.6 Å². The summed E-state index contributed by atoms with van der Waals surface area (Å²) in [6.07, 6.45) is 3.64. The summed E-state index contributed by atoms with van der Waals surface area (Å²) in [5.41, 5.74) is 5.62. The largest absolute Gasteiger partial charge is 0.472 e. The molecule has 4 aromatic rings. The summed E-state index contributed by atoms with van der Waals surface area (Å²) in [6.45, 7) is 6.09. The van der Waals surface area contributed by atoms with Gasteiger partial charge in [-0.3, -0.25) is 4.79 Å². The lowest BCUT2D eigenvalue weighted by molar-refractivity contribution is -0.0400. The lowest BCUT2D eigenvalue weighted by Gasteiger charge is -2.43. The zero-order valence-electron chi connectivity index (χ0n) is 22.1. The number of nitrogens with zero attached hydrogens (tertiary/aromatic N) is 4. The topological polar surface area (TPSA) is 82.6 Å². The Labute approximate surface area is 228 Å². The number of benzene rings is 2. The van der Waals surface area contributed by atoms with Crippen LogP contribution in [-0.4, -0.2) is 41.0 Å². The Morgan fingerprint density at radius 3 is 2.46 bits per heavy atom. The number of carbonyl (C=O) groups is 1. The molecule has 39 heavy (non-hydrogen) atoms. The van der Waals surface area contributed by atoms with E-state index in [1.165, 1.54) is 12.5 Å². The summed E-state index contributed by atoms with van der Waals surface area (Å²) in [5.74, 6) is 0.601. The molecule has 196 valence electrons. The van der Waals surface area contributed by atoms with Crippen LogP contribution in [0.2, 0.25) is 0 Å². The van der Waals surface area contributed by atoms with E-state index in [9.17, 15) is 10.1 Å². The number of carbonyl (C=O) groups excluding carboxylic acids is 1. The van der Waals surface area contributed by atoms with Crippen LogP contribution in [0, 0.1) is 11.3 Å². The predicted molar refractivity (Wildman–Crippen MR) is 148 cm³/mol. The first-order valence-corrected chi connectivity index (χ1v) is 13.2. The second-order valence-corrected chi connectivity index (χ2v) is 10.7. The minimum Gasteiger partial charge on any atom is -0.472 e. The van der Waals surface area contributed by atoms with Crippen LogP contribution in [0.5, 0.6) is 0 Å². The fourth-order valence-electron chi connectivity index (χ4n) is 5.66. The van der Waals surface area contributed by atoms with E-state index in [1.54, 1.807) is 6.07 Å². The van der Waals surface area contributed by atoms with Crippen molar-refractivity contribution in [3.05, 3.63) is 107 Å². The van der Waals surface area contributed by atoms with Crippen molar-refractivity contribution >= 4 is 11.7 Å². The smallest absolute Gasteiger partial charge is 0.257 e. The molecule has 7 heteroatoms. The minimum absolute atomic E-state index is 0.0694. The number of anilines is 1. The van der Waals surface area contributed by atoms with Crippen molar-refractivity contribution < 1.29 is 13.9 Å². The van der Waals surface area contributed by atoms with E-state index in [1.807, 2.05) is 65.6 Å². The lowest BCUT2D eigenvalue weighted by Crippen LogP contribution is -2.51. The number of ether oxygens (including phenoxy) is 1. The molecule has 0 saturated carbocycles. The summed E-state index contributed by atoms with van der Waals surface area (Å²) >= 11 is 0. The van der Waals surface area contributed by atoms with E-state index < -0.39 is 0 Å². The average Bonchev–Trinajstić information content (AvgIpc) is 3.51. The van der Waals surface area contributed by atoms with Crippen LogP contribution in [0.3, 0.4) is 0 Å². The third-order valence-corrected chi connectivity index (χ3v) is 7.66. The Balaban J connectivity index is 1.45. The number of pyridine rings is 1. The van der Waals surface area contributed by atoms with Crippen molar-refractivity contribution in [2.24, 2.45) is 0 Å². The molecule has 4 heterocycles. The molecular weight excluding hydrogens is 488 g/mol. The number of rotatable bonds is 4. The van der Waals surface area contributed by atoms with E-state index >= 15 is 0 Å². The SMILES string of the molecule is CC1(C)Cc2c(C#N)c(N3CCN(C(=O)c4ccoc4)C(c4ccccc4)C3)nc(-c3ccccc3)c2CO1. The highest BCUT2D eigenvalue weighted by Crippen LogP contribution is 2.40. The molecule has 0 radical (unpaired) electrons. The van der Waals surface area contributed by atoms with E-state index in [2.05, 4.69) is 24.8 Å². The van der Waals surface area contributed by atoms with Gasteiger partial charge in [0.25, 0.3) is 5.91 Å². The minimum atomic E-state index is -0.381. The van der Waals surface area contributed by atoms with Crippen LogP contribution >= 0.6 is 0 Å². The van der Waals surface area contributed by atoms with Crippen LogP contribution in [0.1, 0.15) is 52.5 Å². The molecule has 1 unspecified atom stereocenters. The van der Waals surface area contributed by atoms with Crippen molar-refractivity contribution in [2.75, 3.05) is 24.5 Å². The molecule has 1 saturated heterocycles. The maximum absolute atomic E-state index is 13.5. The van der Waals surface area contributed by atoms with E-state index in [0.717, 1.165) is 27.9 Å². The number of nitriles is 1. The number of aromatic nitrogens is 1. The van der Waals surface area contributed by atoms with Crippen LogP contribution in [0.15, 0.2) is 83.7 Å². The average molecular weight is 519 g/mol. The number of furan rings is 1. The fraction of sp³-hybridized carbons (Fsp3) is 0.281.